The largest absolute Gasteiger partial charge is 0.493 e. The number of urea groups is 1. The van der Waals surface area contributed by atoms with E-state index < -0.39 is 0 Å². The summed E-state index contributed by atoms with van der Waals surface area (Å²) in [4.78, 5) is 28.1. The molecule has 3 rings (SSSR count). The summed E-state index contributed by atoms with van der Waals surface area (Å²) in [5.74, 6) is 0.708. The maximum Gasteiger partial charge on any atom is 0.317 e. The Morgan fingerprint density at radius 2 is 2.12 bits per heavy atom. The molecule has 1 saturated heterocycles. The van der Waals surface area contributed by atoms with Gasteiger partial charge in [0.05, 0.1) is 18.6 Å². The Bertz CT molecular complexity index is 665. The fraction of sp³-hybridized carbons (Fsp3) is 0.556. The van der Waals surface area contributed by atoms with Gasteiger partial charge in [0.25, 0.3) is 0 Å². The van der Waals surface area contributed by atoms with Gasteiger partial charge in [-0.25, -0.2) is 4.79 Å². The molecule has 1 aromatic carbocycles. The summed E-state index contributed by atoms with van der Waals surface area (Å²) >= 11 is 6.05. The second kappa shape index (κ2) is 7.52. The van der Waals surface area contributed by atoms with Crippen LogP contribution in [0.1, 0.15) is 30.9 Å². The fourth-order valence-corrected chi connectivity index (χ4v) is 3.61. The Hall–Kier alpha value is -1.95. The molecule has 2 heterocycles. The number of amides is 3. The highest BCUT2D eigenvalue weighted by Gasteiger charge is 2.33. The van der Waals surface area contributed by atoms with E-state index in [2.05, 4.69) is 5.32 Å². The van der Waals surface area contributed by atoms with Crippen molar-refractivity contribution in [1.29, 1.82) is 0 Å². The van der Waals surface area contributed by atoms with Crippen LogP contribution in [0.15, 0.2) is 18.2 Å². The van der Waals surface area contributed by atoms with Gasteiger partial charge in [0.2, 0.25) is 5.91 Å². The van der Waals surface area contributed by atoms with E-state index in [9.17, 15) is 9.59 Å². The van der Waals surface area contributed by atoms with Crippen molar-refractivity contribution in [3.63, 3.8) is 0 Å². The van der Waals surface area contributed by atoms with Crippen LogP contribution in [-0.4, -0.2) is 55.5 Å². The molecule has 2 aliphatic heterocycles. The molecule has 0 spiro atoms. The van der Waals surface area contributed by atoms with E-state index in [1.807, 2.05) is 12.1 Å². The Morgan fingerprint density at radius 1 is 1.32 bits per heavy atom. The summed E-state index contributed by atoms with van der Waals surface area (Å²) in [7, 11) is 3.50. The van der Waals surface area contributed by atoms with Crippen molar-refractivity contribution in [3.8, 4) is 5.75 Å². The van der Waals surface area contributed by atoms with E-state index in [0.29, 0.717) is 31.1 Å². The summed E-state index contributed by atoms with van der Waals surface area (Å²) in [6, 6.07) is 5.29. The molecule has 3 amide bonds. The van der Waals surface area contributed by atoms with E-state index in [4.69, 9.17) is 16.3 Å². The van der Waals surface area contributed by atoms with Crippen LogP contribution in [0.3, 0.4) is 0 Å². The molecule has 136 valence electrons. The van der Waals surface area contributed by atoms with Crippen molar-refractivity contribution < 1.29 is 14.3 Å². The van der Waals surface area contributed by atoms with Crippen LogP contribution in [0.25, 0.3) is 0 Å². The van der Waals surface area contributed by atoms with E-state index >= 15 is 0 Å². The molecule has 2 unspecified atom stereocenters. The molecule has 1 fully saturated rings. The zero-order valence-electron chi connectivity index (χ0n) is 14.6. The molecular formula is C18H24ClN3O3. The standard InChI is InChI=1S/C18H24ClN3O3/c1-21(2)17(23)12-7-8-22(11-12)18(24)20-15-4-3-9-25-16-10-13(19)5-6-14(15)16/h5-6,10,12,15H,3-4,7-9,11H2,1-2H3,(H,20,24). The molecule has 2 atom stereocenters. The van der Waals surface area contributed by atoms with Crippen molar-refractivity contribution in [2.24, 2.45) is 5.92 Å². The summed E-state index contributed by atoms with van der Waals surface area (Å²) in [5.41, 5.74) is 0.954. The molecular weight excluding hydrogens is 342 g/mol. The monoisotopic (exact) mass is 365 g/mol. The first-order valence-electron chi connectivity index (χ1n) is 8.64. The molecule has 25 heavy (non-hydrogen) atoms. The normalized spacial score (nSPS) is 22.6. The van der Waals surface area contributed by atoms with Gasteiger partial charge in [-0.1, -0.05) is 17.7 Å². The second-order valence-electron chi connectivity index (χ2n) is 6.84. The zero-order chi connectivity index (χ0) is 18.0. The minimum absolute atomic E-state index is 0.0816. The summed E-state index contributed by atoms with van der Waals surface area (Å²) in [6.07, 6.45) is 2.39. The fourth-order valence-electron chi connectivity index (χ4n) is 3.45. The van der Waals surface area contributed by atoms with Crippen LogP contribution in [0.5, 0.6) is 5.75 Å². The second-order valence-corrected chi connectivity index (χ2v) is 7.28. The Labute approximate surface area is 153 Å². The number of nitrogens with one attached hydrogen (secondary N) is 1. The third-order valence-corrected chi connectivity index (χ3v) is 5.04. The number of hydrogen-bond acceptors (Lipinski definition) is 3. The topological polar surface area (TPSA) is 61.9 Å². The van der Waals surface area contributed by atoms with E-state index in [1.54, 1.807) is 30.0 Å². The molecule has 0 saturated carbocycles. The lowest BCUT2D eigenvalue weighted by molar-refractivity contribution is -0.132. The molecule has 6 nitrogen and oxygen atoms in total. The van der Waals surface area contributed by atoms with Gasteiger partial charge >= 0.3 is 6.03 Å². The van der Waals surface area contributed by atoms with Crippen LogP contribution in [0.4, 0.5) is 4.79 Å². The SMILES string of the molecule is CN(C)C(=O)C1CCN(C(=O)NC2CCCOc3cc(Cl)ccc32)C1. The molecule has 0 aromatic heterocycles. The predicted molar refractivity (Wildman–Crippen MR) is 95.8 cm³/mol. The average Bonchev–Trinajstić information content (AvgIpc) is 2.99. The highest BCUT2D eigenvalue weighted by Crippen LogP contribution is 2.34. The van der Waals surface area contributed by atoms with Crippen LogP contribution in [0.2, 0.25) is 5.02 Å². The van der Waals surface area contributed by atoms with Gasteiger partial charge in [-0.05, 0) is 31.4 Å². The lowest BCUT2D eigenvalue weighted by Gasteiger charge is -2.23. The number of benzene rings is 1. The maximum atomic E-state index is 12.7. The van der Waals surface area contributed by atoms with Crippen LogP contribution >= 0.6 is 11.6 Å². The molecule has 0 bridgehead atoms. The first-order chi connectivity index (χ1) is 12.0. The maximum absolute atomic E-state index is 12.7. The van der Waals surface area contributed by atoms with Crippen molar-refractivity contribution in [2.45, 2.75) is 25.3 Å². The lowest BCUT2D eigenvalue weighted by Crippen LogP contribution is -2.41. The van der Waals surface area contributed by atoms with Crippen LogP contribution < -0.4 is 10.1 Å². The van der Waals surface area contributed by atoms with Crippen molar-refractivity contribution in [1.82, 2.24) is 15.1 Å². The van der Waals surface area contributed by atoms with Crippen molar-refractivity contribution >= 4 is 23.5 Å². The van der Waals surface area contributed by atoms with Gasteiger partial charge in [-0.2, -0.15) is 0 Å². The highest BCUT2D eigenvalue weighted by atomic mass is 35.5. The smallest absolute Gasteiger partial charge is 0.317 e. The first kappa shape index (κ1) is 17.9. The first-order valence-corrected chi connectivity index (χ1v) is 9.02. The number of carbonyl (C=O) groups is 2. The number of hydrogen-bond donors (Lipinski definition) is 1. The third-order valence-electron chi connectivity index (χ3n) is 4.81. The number of likely N-dealkylation sites (tertiary alicyclic amines) is 1. The molecule has 7 heteroatoms. The van der Waals surface area contributed by atoms with Gasteiger partial charge in [0.15, 0.2) is 0 Å². The molecule has 0 radical (unpaired) electrons. The number of fused-ring (bicyclic) bond motifs is 1. The van der Waals surface area contributed by atoms with Gasteiger partial charge in [0, 0.05) is 37.8 Å². The molecule has 1 N–H and O–H groups in total. The summed E-state index contributed by atoms with van der Waals surface area (Å²) in [6.45, 7) is 1.69. The van der Waals surface area contributed by atoms with Gasteiger partial charge < -0.3 is 19.9 Å². The van der Waals surface area contributed by atoms with Gasteiger partial charge in [-0.3, -0.25) is 4.79 Å². The lowest BCUT2D eigenvalue weighted by atomic mass is 10.0. The molecule has 1 aromatic rings. The Kier molecular flexibility index (Phi) is 5.37. The number of nitrogens with zero attached hydrogens (tertiary/aromatic N) is 2. The number of halogens is 1. The number of ether oxygens (including phenoxy) is 1. The van der Waals surface area contributed by atoms with E-state index in [0.717, 1.165) is 24.2 Å². The molecule has 2 aliphatic rings. The van der Waals surface area contributed by atoms with Crippen LogP contribution in [-0.2, 0) is 4.79 Å². The summed E-state index contributed by atoms with van der Waals surface area (Å²) < 4.78 is 5.74. The minimum atomic E-state index is -0.123. The van der Waals surface area contributed by atoms with Crippen LogP contribution in [0, 0.1) is 5.92 Å². The van der Waals surface area contributed by atoms with E-state index in [-0.39, 0.29) is 23.9 Å². The average molecular weight is 366 g/mol. The quantitative estimate of drug-likeness (QED) is 0.876. The number of carbonyl (C=O) groups excluding carboxylic acids is 2. The van der Waals surface area contributed by atoms with Crippen molar-refractivity contribution in [3.05, 3.63) is 28.8 Å². The minimum Gasteiger partial charge on any atom is -0.493 e. The van der Waals surface area contributed by atoms with Crippen molar-refractivity contribution in [2.75, 3.05) is 33.8 Å². The molecule has 0 aliphatic carbocycles. The summed E-state index contributed by atoms with van der Waals surface area (Å²) in [5, 5.41) is 3.72. The van der Waals surface area contributed by atoms with E-state index in [1.165, 1.54) is 0 Å². The predicted octanol–water partition coefficient (Wildman–Crippen LogP) is 2.67. The third kappa shape index (κ3) is 4.00. The zero-order valence-corrected chi connectivity index (χ0v) is 15.4. The Balaban J connectivity index is 1.67. The number of rotatable bonds is 2. The highest BCUT2D eigenvalue weighted by molar-refractivity contribution is 6.30. The Morgan fingerprint density at radius 3 is 2.88 bits per heavy atom. The van der Waals surface area contributed by atoms with Gasteiger partial charge in [0.1, 0.15) is 5.75 Å². The van der Waals surface area contributed by atoms with Gasteiger partial charge in [-0.15, -0.1) is 0 Å².